The molecule has 0 fully saturated rings. The van der Waals surface area contributed by atoms with Gasteiger partial charge in [0.2, 0.25) is 0 Å². The van der Waals surface area contributed by atoms with Gasteiger partial charge in [-0.25, -0.2) is 4.39 Å². The number of ether oxygens (including phenoxy) is 1. The van der Waals surface area contributed by atoms with Gasteiger partial charge in [0.05, 0.1) is 6.10 Å². The molecule has 0 unspecified atom stereocenters. The predicted octanol–water partition coefficient (Wildman–Crippen LogP) is 5.53. The van der Waals surface area contributed by atoms with E-state index in [4.69, 9.17) is 4.74 Å². The highest BCUT2D eigenvalue weighted by atomic mass is 79.9. The molecule has 0 aliphatic rings. The minimum Gasteiger partial charge on any atom is -0.491 e. The Labute approximate surface area is 125 Å². The van der Waals surface area contributed by atoms with Crippen molar-refractivity contribution >= 4 is 27.7 Å². The minimum atomic E-state index is -0.239. The highest BCUT2D eigenvalue weighted by Crippen LogP contribution is 2.31. The molecule has 0 radical (unpaired) electrons. The van der Waals surface area contributed by atoms with Gasteiger partial charge in [0, 0.05) is 14.3 Å². The summed E-state index contributed by atoms with van der Waals surface area (Å²) >= 11 is 4.81. The first kappa shape index (κ1) is 14.4. The van der Waals surface area contributed by atoms with Gasteiger partial charge in [-0.15, -0.1) is 0 Å². The third-order valence-corrected chi connectivity index (χ3v) is 3.70. The standard InChI is InChI=1S/C15H14BrFOS/c1-10(2)18-13-3-5-14(6-4-13)19-15-8-11(16)7-12(17)9-15/h3-10H,1-2H3. The van der Waals surface area contributed by atoms with Gasteiger partial charge < -0.3 is 4.74 Å². The van der Waals surface area contributed by atoms with Crippen LogP contribution >= 0.6 is 27.7 Å². The molecule has 4 heteroatoms. The van der Waals surface area contributed by atoms with Crippen LogP contribution in [0.25, 0.3) is 0 Å². The van der Waals surface area contributed by atoms with Crippen molar-refractivity contribution in [2.75, 3.05) is 0 Å². The molecule has 0 atom stereocenters. The van der Waals surface area contributed by atoms with E-state index in [1.165, 1.54) is 23.9 Å². The topological polar surface area (TPSA) is 9.23 Å². The molecule has 0 saturated carbocycles. The van der Waals surface area contributed by atoms with Crippen LogP contribution in [-0.4, -0.2) is 6.10 Å². The Morgan fingerprint density at radius 2 is 1.74 bits per heavy atom. The zero-order valence-electron chi connectivity index (χ0n) is 10.7. The highest BCUT2D eigenvalue weighted by Gasteiger charge is 2.03. The molecule has 100 valence electrons. The van der Waals surface area contributed by atoms with Crippen LogP contribution in [0.15, 0.2) is 56.7 Å². The van der Waals surface area contributed by atoms with Gasteiger partial charge in [-0.1, -0.05) is 27.7 Å². The van der Waals surface area contributed by atoms with E-state index in [1.54, 1.807) is 0 Å². The Balaban J connectivity index is 2.10. The fraction of sp³-hybridized carbons (Fsp3) is 0.200. The molecule has 0 aliphatic heterocycles. The zero-order chi connectivity index (χ0) is 13.8. The maximum atomic E-state index is 13.3. The van der Waals surface area contributed by atoms with Crippen LogP contribution in [0.1, 0.15) is 13.8 Å². The van der Waals surface area contributed by atoms with Gasteiger partial charge in [-0.05, 0) is 56.3 Å². The van der Waals surface area contributed by atoms with Gasteiger partial charge in [0.1, 0.15) is 11.6 Å². The lowest BCUT2D eigenvalue weighted by molar-refractivity contribution is 0.242. The first-order valence-corrected chi connectivity index (χ1v) is 7.54. The third kappa shape index (κ3) is 4.55. The summed E-state index contributed by atoms with van der Waals surface area (Å²) in [5.41, 5.74) is 0. The van der Waals surface area contributed by atoms with Gasteiger partial charge >= 0.3 is 0 Å². The first-order chi connectivity index (χ1) is 9.02. The normalized spacial score (nSPS) is 10.8. The third-order valence-electron chi connectivity index (χ3n) is 2.27. The van der Waals surface area contributed by atoms with Crippen molar-refractivity contribution in [3.05, 3.63) is 52.8 Å². The second-order valence-corrected chi connectivity index (χ2v) is 6.41. The maximum absolute atomic E-state index is 13.3. The van der Waals surface area contributed by atoms with Crippen molar-refractivity contribution < 1.29 is 9.13 Å². The van der Waals surface area contributed by atoms with E-state index < -0.39 is 0 Å². The number of benzene rings is 2. The lowest BCUT2D eigenvalue weighted by Crippen LogP contribution is -2.04. The van der Waals surface area contributed by atoms with Crippen molar-refractivity contribution in [1.82, 2.24) is 0 Å². The summed E-state index contributed by atoms with van der Waals surface area (Å²) in [6.07, 6.45) is 0.165. The number of hydrogen-bond donors (Lipinski definition) is 0. The molecule has 0 spiro atoms. The number of halogens is 2. The van der Waals surface area contributed by atoms with E-state index in [0.29, 0.717) is 0 Å². The van der Waals surface area contributed by atoms with E-state index in [2.05, 4.69) is 15.9 Å². The largest absolute Gasteiger partial charge is 0.491 e. The van der Waals surface area contributed by atoms with Gasteiger partial charge in [0.15, 0.2) is 0 Å². The Kier molecular flexibility index (Phi) is 4.88. The second-order valence-electron chi connectivity index (χ2n) is 4.35. The fourth-order valence-electron chi connectivity index (χ4n) is 1.58. The summed E-state index contributed by atoms with van der Waals surface area (Å²) in [6, 6.07) is 12.7. The lowest BCUT2D eigenvalue weighted by atomic mass is 10.3. The van der Waals surface area contributed by atoms with Gasteiger partial charge in [-0.2, -0.15) is 0 Å². The molecular weight excluding hydrogens is 327 g/mol. The Morgan fingerprint density at radius 3 is 2.32 bits per heavy atom. The monoisotopic (exact) mass is 340 g/mol. The molecular formula is C15H14BrFOS. The van der Waals surface area contributed by atoms with Crippen LogP contribution in [0.2, 0.25) is 0 Å². The molecule has 2 aromatic carbocycles. The molecule has 0 amide bonds. The Bertz CT molecular complexity index is 534. The minimum absolute atomic E-state index is 0.165. The molecule has 2 aromatic rings. The molecule has 0 bridgehead atoms. The molecule has 0 aromatic heterocycles. The smallest absolute Gasteiger partial charge is 0.125 e. The SMILES string of the molecule is CC(C)Oc1ccc(Sc2cc(F)cc(Br)c2)cc1. The summed E-state index contributed by atoms with van der Waals surface area (Å²) in [4.78, 5) is 1.91. The average Bonchev–Trinajstić information content (AvgIpc) is 2.29. The van der Waals surface area contributed by atoms with Crippen molar-refractivity contribution in [3.8, 4) is 5.75 Å². The quantitative estimate of drug-likeness (QED) is 0.723. The Hall–Kier alpha value is -1.00. The summed E-state index contributed by atoms with van der Waals surface area (Å²) in [5.74, 6) is 0.608. The van der Waals surface area contributed by atoms with Crippen LogP contribution in [0.3, 0.4) is 0 Å². The van der Waals surface area contributed by atoms with E-state index >= 15 is 0 Å². The molecule has 1 nitrogen and oxygen atoms in total. The molecule has 0 heterocycles. The second kappa shape index (κ2) is 6.44. The number of hydrogen-bond acceptors (Lipinski definition) is 2. The van der Waals surface area contributed by atoms with Crippen LogP contribution in [0, 0.1) is 5.82 Å². The van der Waals surface area contributed by atoms with Crippen LogP contribution in [-0.2, 0) is 0 Å². The van der Waals surface area contributed by atoms with Crippen molar-refractivity contribution in [1.29, 1.82) is 0 Å². The van der Waals surface area contributed by atoms with Crippen molar-refractivity contribution in [3.63, 3.8) is 0 Å². The molecule has 19 heavy (non-hydrogen) atoms. The van der Waals surface area contributed by atoms with E-state index in [1.807, 2.05) is 44.2 Å². The molecule has 0 saturated heterocycles. The predicted molar refractivity (Wildman–Crippen MR) is 80.4 cm³/mol. The van der Waals surface area contributed by atoms with Gasteiger partial charge in [-0.3, -0.25) is 0 Å². The van der Waals surface area contributed by atoms with E-state index in [0.717, 1.165) is 20.0 Å². The zero-order valence-corrected chi connectivity index (χ0v) is 13.1. The van der Waals surface area contributed by atoms with E-state index in [-0.39, 0.29) is 11.9 Å². The van der Waals surface area contributed by atoms with Crippen LogP contribution < -0.4 is 4.74 Å². The van der Waals surface area contributed by atoms with Crippen molar-refractivity contribution in [2.24, 2.45) is 0 Å². The van der Waals surface area contributed by atoms with Gasteiger partial charge in [0.25, 0.3) is 0 Å². The summed E-state index contributed by atoms with van der Waals surface area (Å²) < 4.78 is 19.6. The van der Waals surface area contributed by atoms with Crippen LogP contribution in [0.4, 0.5) is 4.39 Å². The Morgan fingerprint density at radius 1 is 1.05 bits per heavy atom. The average molecular weight is 341 g/mol. The lowest BCUT2D eigenvalue weighted by Gasteiger charge is -2.10. The fourth-order valence-corrected chi connectivity index (χ4v) is 3.10. The molecule has 2 rings (SSSR count). The number of rotatable bonds is 4. The summed E-state index contributed by atoms with van der Waals surface area (Å²) in [7, 11) is 0. The van der Waals surface area contributed by atoms with Crippen LogP contribution in [0.5, 0.6) is 5.75 Å². The van der Waals surface area contributed by atoms with Crippen molar-refractivity contribution in [2.45, 2.75) is 29.7 Å². The molecule has 0 aliphatic carbocycles. The van der Waals surface area contributed by atoms with E-state index in [9.17, 15) is 4.39 Å². The maximum Gasteiger partial charge on any atom is 0.125 e. The highest BCUT2D eigenvalue weighted by molar-refractivity contribution is 9.10. The first-order valence-electron chi connectivity index (χ1n) is 5.93. The summed E-state index contributed by atoms with van der Waals surface area (Å²) in [6.45, 7) is 3.99. The summed E-state index contributed by atoms with van der Waals surface area (Å²) in [5, 5.41) is 0. The molecule has 0 N–H and O–H groups in total.